The largest absolute Gasteiger partial charge is 0.507 e. The van der Waals surface area contributed by atoms with Crippen LogP contribution in [0.25, 0.3) is 22.3 Å². The number of likely N-dealkylation sites (N-methyl/N-ethyl adjacent to an activating group) is 1. The zero-order chi connectivity index (χ0) is 24.9. The summed E-state index contributed by atoms with van der Waals surface area (Å²) in [6.07, 6.45) is -5.90. The number of halogens is 3. The molecule has 3 aromatic rings. The number of carbonyl (C=O) groups excluding carboxylic acids is 1. The first-order chi connectivity index (χ1) is 15.9. The molecule has 0 unspecified atom stereocenters. The highest BCUT2D eigenvalue weighted by atomic mass is 19.4. The van der Waals surface area contributed by atoms with Gasteiger partial charge in [-0.2, -0.15) is 13.2 Å². The van der Waals surface area contributed by atoms with E-state index in [0.29, 0.717) is 30.0 Å². The summed E-state index contributed by atoms with van der Waals surface area (Å²) in [7, 11) is 1.80. The van der Waals surface area contributed by atoms with E-state index in [4.69, 9.17) is 8.83 Å². The average Bonchev–Trinajstić information content (AvgIpc) is 3.06. The molecule has 3 heterocycles. The average molecular weight is 481 g/mol. The van der Waals surface area contributed by atoms with Crippen molar-refractivity contribution in [2.45, 2.75) is 38.5 Å². The number of benzene rings is 1. The van der Waals surface area contributed by atoms with Gasteiger partial charge in [-0.15, -0.1) is 0 Å². The number of ether oxygens (including phenoxy) is 1. The lowest BCUT2D eigenvalue weighted by Crippen LogP contribution is -2.40. The second kappa shape index (κ2) is 8.48. The Labute approximate surface area is 191 Å². The van der Waals surface area contributed by atoms with Gasteiger partial charge >= 0.3 is 12.1 Å². The quantitative estimate of drug-likeness (QED) is 0.431. The van der Waals surface area contributed by atoms with Crippen molar-refractivity contribution in [2.24, 2.45) is 0 Å². The SMILES string of the molecule is Cc1cc(-c2cc(=O)c3c(OC(=O)C(F)(F)F)cc(O)c([C@H]4CCN(C)C[C@H]4O)c3o2)c(C)o1. The predicted octanol–water partition coefficient (Wildman–Crippen LogP) is 3.62. The molecule has 2 atom stereocenters. The molecule has 2 N–H and O–H groups in total. The molecular weight excluding hydrogens is 459 g/mol. The summed E-state index contributed by atoms with van der Waals surface area (Å²) in [6.45, 7) is 4.15. The Morgan fingerprint density at radius 1 is 1.21 bits per heavy atom. The topological polar surface area (TPSA) is 113 Å². The van der Waals surface area contributed by atoms with Crippen molar-refractivity contribution in [1.82, 2.24) is 4.90 Å². The smallest absolute Gasteiger partial charge is 0.491 e. The lowest BCUT2D eigenvalue weighted by molar-refractivity contribution is -0.189. The third kappa shape index (κ3) is 4.28. The molecule has 34 heavy (non-hydrogen) atoms. The zero-order valence-electron chi connectivity index (χ0n) is 18.5. The summed E-state index contributed by atoms with van der Waals surface area (Å²) >= 11 is 0. The van der Waals surface area contributed by atoms with Crippen LogP contribution in [0.15, 0.2) is 31.8 Å². The first kappa shape index (κ1) is 23.8. The molecule has 1 fully saturated rings. The van der Waals surface area contributed by atoms with Crippen LogP contribution in [0.5, 0.6) is 11.5 Å². The fourth-order valence-electron chi connectivity index (χ4n) is 4.34. The maximum atomic E-state index is 13.1. The van der Waals surface area contributed by atoms with Gasteiger partial charge in [-0.1, -0.05) is 0 Å². The number of phenols is 1. The summed E-state index contributed by atoms with van der Waals surface area (Å²) in [5, 5.41) is 21.0. The van der Waals surface area contributed by atoms with Crippen molar-refractivity contribution in [3.8, 4) is 22.8 Å². The van der Waals surface area contributed by atoms with Crippen LogP contribution in [-0.4, -0.2) is 53.5 Å². The van der Waals surface area contributed by atoms with Gasteiger partial charge in [0, 0.05) is 30.2 Å². The number of aryl methyl sites for hydroxylation is 2. The Bertz CT molecular complexity index is 1320. The van der Waals surface area contributed by atoms with Crippen LogP contribution in [0.4, 0.5) is 13.2 Å². The molecule has 8 nitrogen and oxygen atoms in total. The normalized spacial score (nSPS) is 19.5. The maximum Gasteiger partial charge on any atom is 0.491 e. The van der Waals surface area contributed by atoms with Gasteiger partial charge in [0.2, 0.25) is 0 Å². The molecule has 0 spiro atoms. The van der Waals surface area contributed by atoms with E-state index in [2.05, 4.69) is 4.74 Å². The van der Waals surface area contributed by atoms with Gasteiger partial charge in [0.05, 0.1) is 11.7 Å². The van der Waals surface area contributed by atoms with E-state index in [-0.39, 0.29) is 23.5 Å². The van der Waals surface area contributed by atoms with Crippen LogP contribution in [0.1, 0.15) is 29.4 Å². The number of alkyl halides is 3. The van der Waals surface area contributed by atoms with Crippen molar-refractivity contribution >= 4 is 16.9 Å². The first-order valence-corrected chi connectivity index (χ1v) is 10.4. The highest BCUT2D eigenvalue weighted by molar-refractivity contribution is 5.92. The van der Waals surface area contributed by atoms with E-state index in [0.717, 1.165) is 12.1 Å². The minimum atomic E-state index is -5.32. The van der Waals surface area contributed by atoms with Crippen LogP contribution in [0.3, 0.4) is 0 Å². The number of hydrogen-bond donors (Lipinski definition) is 2. The number of aliphatic hydroxyl groups is 1. The Balaban J connectivity index is 1.99. The highest BCUT2D eigenvalue weighted by Gasteiger charge is 2.42. The molecule has 1 saturated heterocycles. The van der Waals surface area contributed by atoms with Crippen LogP contribution >= 0.6 is 0 Å². The molecule has 182 valence electrons. The summed E-state index contributed by atoms with van der Waals surface area (Å²) in [5.74, 6) is -3.56. The number of aromatic hydroxyl groups is 1. The number of phenolic OH excluding ortho intramolecular Hbond substituents is 1. The third-order valence-corrected chi connectivity index (χ3v) is 5.88. The highest BCUT2D eigenvalue weighted by Crippen LogP contribution is 2.43. The molecule has 0 aliphatic carbocycles. The van der Waals surface area contributed by atoms with E-state index in [9.17, 15) is 33.0 Å². The van der Waals surface area contributed by atoms with Gasteiger partial charge < -0.3 is 28.7 Å². The summed E-state index contributed by atoms with van der Waals surface area (Å²) in [5.41, 5.74) is -0.565. The number of carbonyl (C=O) groups is 1. The molecule has 1 aliphatic rings. The van der Waals surface area contributed by atoms with Crippen LogP contribution < -0.4 is 10.2 Å². The zero-order valence-corrected chi connectivity index (χ0v) is 18.5. The van der Waals surface area contributed by atoms with Gasteiger partial charge in [-0.3, -0.25) is 4.79 Å². The molecule has 0 bridgehead atoms. The molecular formula is C23H22F3NO7. The lowest BCUT2D eigenvalue weighted by Gasteiger charge is -2.34. The number of esters is 1. The second-order valence-electron chi connectivity index (χ2n) is 8.43. The van der Waals surface area contributed by atoms with Crippen molar-refractivity contribution in [3.63, 3.8) is 0 Å². The molecule has 2 aromatic heterocycles. The van der Waals surface area contributed by atoms with Gasteiger partial charge in [-0.05, 0) is 39.9 Å². The number of β-amino-alcohol motifs (C(OH)–C–C–N with tert-alkyl or cyclic N) is 1. The lowest BCUT2D eigenvalue weighted by atomic mass is 9.85. The Kier molecular flexibility index (Phi) is 5.94. The monoisotopic (exact) mass is 481 g/mol. The van der Waals surface area contributed by atoms with E-state index in [1.807, 2.05) is 4.90 Å². The molecule has 4 rings (SSSR count). The Hall–Kier alpha value is -3.31. The number of hydrogen-bond acceptors (Lipinski definition) is 8. The van der Waals surface area contributed by atoms with Crippen molar-refractivity contribution < 1.29 is 41.8 Å². The van der Waals surface area contributed by atoms with Crippen LogP contribution in [0.2, 0.25) is 0 Å². The van der Waals surface area contributed by atoms with Crippen molar-refractivity contribution in [3.05, 3.63) is 45.5 Å². The van der Waals surface area contributed by atoms with E-state index in [1.54, 1.807) is 27.0 Å². The van der Waals surface area contributed by atoms with E-state index in [1.165, 1.54) is 0 Å². The van der Waals surface area contributed by atoms with Gasteiger partial charge in [0.15, 0.2) is 5.43 Å². The van der Waals surface area contributed by atoms with E-state index < -0.39 is 46.5 Å². The summed E-state index contributed by atoms with van der Waals surface area (Å²) < 4.78 is 54.4. The van der Waals surface area contributed by atoms with Gasteiger partial charge in [0.1, 0.15) is 39.7 Å². The first-order valence-electron chi connectivity index (χ1n) is 10.4. The summed E-state index contributed by atoms with van der Waals surface area (Å²) in [4.78, 5) is 26.5. The maximum absolute atomic E-state index is 13.1. The predicted molar refractivity (Wildman–Crippen MR) is 114 cm³/mol. The fraction of sp³-hybridized carbons (Fsp3) is 0.391. The molecule has 0 amide bonds. The number of fused-ring (bicyclic) bond motifs is 1. The molecule has 0 radical (unpaired) electrons. The number of aliphatic hydroxyl groups excluding tert-OH is 1. The number of rotatable bonds is 3. The molecule has 11 heteroatoms. The molecule has 1 aliphatic heterocycles. The molecule has 0 saturated carbocycles. The van der Waals surface area contributed by atoms with Gasteiger partial charge in [0.25, 0.3) is 0 Å². The minimum Gasteiger partial charge on any atom is -0.507 e. The van der Waals surface area contributed by atoms with E-state index >= 15 is 0 Å². The molecule has 1 aromatic carbocycles. The summed E-state index contributed by atoms with van der Waals surface area (Å²) in [6, 6.07) is 3.45. The fourth-order valence-corrected chi connectivity index (χ4v) is 4.34. The Morgan fingerprint density at radius 2 is 1.91 bits per heavy atom. The van der Waals surface area contributed by atoms with Crippen LogP contribution in [-0.2, 0) is 4.79 Å². The number of nitrogens with zero attached hydrogens (tertiary/aromatic N) is 1. The van der Waals surface area contributed by atoms with Gasteiger partial charge in [-0.25, -0.2) is 4.79 Å². The standard InChI is InChI=1S/C23H22F3NO7/c1-10-6-13(11(2)32-10)17-7-15(29)20-18(34-22(31)23(24,25)26)8-14(28)19(21(20)33-17)12-4-5-27(3)9-16(12)30/h6-8,12,16,28,30H,4-5,9H2,1-3H3/t12-,16+/m0/s1. The van der Waals surface area contributed by atoms with Crippen molar-refractivity contribution in [2.75, 3.05) is 20.1 Å². The third-order valence-electron chi connectivity index (χ3n) is 5.88. The number of likely N-dealkylation sites (tertiary alicyclic amines) is 1. The number of furan rings is 1. The number of piperidine rings is 1. The van der Waals surface area contributed by atoms with Crippen LogP contribution in [0, 0.1) is 13.8 Å². The Morgan fingerprint density at radius 3 is 2.50 bits per heavy atom. The second-order valence-corrected chi connectivity index (χ2v) is 8.43. The minimum absolute atomic E-state index is 0.0502. The van der Waals surface area contributed by atoms with Crippen molar-refractivity contribution in [1.29, 1.82) is 0 Å².